The molecular formula is C14H22N2O2. The van der Waals surface area contributed by atoms with Gasteiger partial charge >= 0.3 is 0 Å². The number of methoxy groups -OCH3 is 1. The first-order valence-corrected chi connectivity index (χ1v) is 6.51. The Bertz CT molecular complexity index is 363. The van der Waals surface area contributed by atoms with E-state index in [2.05, 4.69) is 11.0 Å². The number of nitrogens with two attached hydrogens (primary N) is 1. The Labute approximate surface area is 109 Å². The summed E-state index contributed by atoms with van der Waals surface area (Å²) in [6.07, 6.45) is 1.06. The van der Waals surface area contributed by atoms with Crippen LogP contribution in [0.25, 0.3) is 0 Å². The zero-order chi connectivity index (χ0) is 12.8. The van der Waals surface area contributed by atoms with Crippen LogP contribution in [-0.4, -0.2) is 44.9 Å². The van der Waals surface area contributed by atoms with Gasteiger partial charge in [-0.05, 0) is 12.5 Å². The molecule has 1 unspecified atom stereocenters. The summed E-state index contributed by atoms with van der Waals surface area (Å²) < 4.78 is 10.9. The Morgan fingerprint density at radius 3 is 2.94 bits per heavy atom. The van der Waals surface area contributed by atoms with Crippen LogP contribution in [0.2, 0.25) is 0 Å². The van der Waals surface area contributed by atoms with E-state index in [1.807, 2.05) is 18.2 Å². The van der Waals surface area contributed by atoms with E-state index in [1.165, 1.54) is 5.56 Å². The van der Waals surface area contributed by atoms with Crippen molar-refractivity contribution in [3.63, 3.8) is 0 Å². The maximum atomic E-state index is 5.97. The minimum atomic E-state index is 0.211. The molecule has 0 aromatic heterocycles. The van der Waals surface area contributed by atoms with E-state index >= 15 is 0 Å². The van der Waals surface area contributed by atoms with Crippen molar-refractivity contribution in [2.75, 3.05) is 40.0 Å². The Hall–Kier alpha value is -1.10. The molecule has 1 aliphatic heterocycles. The number of nitrogens with zero attached hydrogens (tertiary/aromatic N) is 1. The van der Waals surface area contributed by atoms with E-state index in [-0.39, 0.29) is 6.04 Å². The molecule has 1 fully saturated rings. The normalized spacial score (nSPS) is 19.2. The van der Waals surface area contributed by atoms with Gasteiger partial charge < -0.3 is 15.2 Å². The highest BCUT2D eigenvalue weighted by Gasteiger charge is 2.22. The van der Waals surface area contributed by atoms with Crippen LogP contribution in [0.3, 0.4) is 0 Å². The molecular weight excluding hydrogens is 228 g/mol. The molecule has 1 saturated heterocycles. The van der Waals surface area contributed by atoms with Crippen molar-refractivity contribution in [3.8, 4) is 5.75 Å². The van der Waals surface area contributed by atoms with Gasteiger partial charge in [-0.1, -0.05) is 18.2 Å². The predicted molar refractivity (Wildman–Crippen MR) is 71.8 cm³/mol. The molecule has 2 N–H and O–H groups in total. The molecule has 1 aromatic rings. The lowest BCUT2D eigenvalue weighted by molar-refractivity contribution is 0.132. The highest BCUT2D eigenvalue weighted by atomic mass is 16.5. The van der Waals surface area contributed by atoms with Gasteiger partial charge in [-0.2, -0.15) is 0 Å². The Balaban J connectivity index is 2.20. The highest BCUT2D eigenvalue weighted by Crippen LogP contribution is 2.28. The van der Waals surface area contributed by atoms with Crippen LogP contribution in [0, 0.1) is 0 Å². The second kappa shape index (κ2) is 6.73. The van der Waals surface area contributed by atoms with E-state index < -0.39 is 0 Å². The summed E-state index contributed by atoms with van der Waals surface area (Å²) >= 11 is 0. The lowest BCUT2D eigenvalue weighted by Gasteiger charge is -2.30. The smallest absolute Gasteiger partial charge is 0.123 e. The van der Waals surface area contributed by atoms with Crippen molar-refractivity contribution in [1.82, 2.24) is 4.90 Å². The number of hydrogen-bond donors (Lipinski definition) is 1. The zero-order valence-corrected chi connectivity index (χ0v) is 11.0. The third-order valence-corrected chi connectivity index (χ3v) is 3.42. The molecule has 100 valence electrons. The summed E-state index contributed by atoms with van der Waals surface area (Å²) in [7, 11) is 1.71. The second-order valence-electron chi connectivity index (χ2n) is 4.50. The lowest BCUT2D eigenvalue weighted by atomic mass is 10.0. The van der Waals surface area contributed by atoms with Gasteiger partial charge in [0.25, 0.3) is 0 Å². The van der Waals surface area contributed by atoms with E-state index in [4.69, 9.17) is 15.2 Å². The number of ether oxygens (including phenoxy) is 2. The molecule has 0 spiro atoms. The maximum Gasteiger partial charge on any atom is 0.123 e. The van der Waals surface area contributed by atoms with Crippen LogP contribution in [0.15, 0.2) is 24.3 Å². The number of hydrogen-bond acceptors (Lipinski definition) is 4. The Kier molecular flexibility index (Phi) is 4.99. The van der Waals surface area contributed by atoms with Crippen molar-refractivity contribution in [3.05, 3.63) is 29.8 Å². The van der Waals surface area contributed by atoms with E-state index in [0.29, 0.717) is 6.54 Å². The lowest BCUT2D eigenvalue weighted by Crippen LogP contribution is -2.35. The molecule has 1 atom stereocenters. The molecule has 0 bridgehead atoms. The van der Waals surface area contributed by atoms with Crippen molar-refractivity contribution >= 4 is 0 Å². The van der Waals surface area contributed by atoms with Crippen LogP contribution in [0.4, 0.5) is 0 Å². The minimum Gasteiger partial charge on any atom is -0.496 e. The van der Waals surface area contributed by atoms with E-state index in [1.54, 1.807) is 7.11 Å². The van der Waals surface area contributed by atoms with Crippen molar-refractivity contribution in [1.29, 1.82) is 0 Å². The molecule has 0 radical (unpaired) electrons. The fourth-order valence-electron chi connectivity index (χ4n) is 2.49. The number of para-hydroxylation sites is 1. The van der Waals surface area contributed by atoms with Crippen molar-refractivity contribution < 1.29 is 9.47 Å². The topological polar surface area (TPSA) is 47.7 Å². The molecule has 1 aromatic carbocycles. The van der Waals surface area contributed by atoms with Gasteiger partial charge in [0.2, 0.25) is 0 Å². The third-order valence-electron chi connectivity index (χ3n) is 3.42. The number of benzene rings is 1. The van der Waals surface area contributed by atoms with Crippen LogP contribution in [-0.2, 0) is 4.74 Å². The van der Waals surface area contributed by atoms with Gasteiger partial charge in [0.1, 0.15) is 5.75 Å². The molecule has 0 amide bonds. The monoisotopic (exact) mass is 250 g/mol. The summed E-state index contributed by atoms with van der Waals surface area (Å²) in [6, 6.07) is 8.33. The summed E-state index contributed by atoms with van der Waals surface area (Å²) in [5.41, 5.74) is 7.14. The Morgan fingerprint density at radius 1 is 1.33 bits per heavy atom. The molecule has 4 heteroatoms. The third kappa shape index (κ3) is 3.02. The average molecular weight is 250 g/mol. The Morgan fingerprint density at radius 2 is 2.17 bits per heavy atom. The van der Waals surface area contributed by atoms with Crippen LogP contribution < -0.4 is 10.5 Å². The average Bonchev–Trinajstić information content (AvgIpc) is 2.69. The summed E-state index contributed by atoms with van der Waals surface area (Å²) in [6.45, 7) is 4.19. The first-order valence-electron chi connectivity index (χ1n) is 6.51. The van der Waals surface area contributed by atoms with Crippen LogP contribution in [0.5, 0.6) is 5.75 Å². The first kappa shape index (κ1) is 13.3. The summed E-state index contributed by atoms with van der Waals surface area (Å²) in [5.74, 6) is 0.915. The fraction of sp³-hybridized carbons (Fsp3) is 0.571. The molecule has 18 heavy (non-hydrogen) atoms. The maximum absolute atomic E-state index is 5.97. The molecule has 0 aliphatic carbocycles. The fourth-order valence-corrected chi connectivity index (χ4v) is 2.49. The van der Waals surface area contributed by atoms with Gasteiger partial charge in [-0.3, -0.25) is 4.90 Å². The molecule has 2 rings (SSSR count). The molecule has 1 heterocycles. The highest BCUT2D eigenvalue weighted by molar-refractivity contribution is 5.36. The van der Waals surface area contributed by atoms with Crippen LogP contribution >= 0.6 is 0 Å². The van der Waals surface area contributed by atoms with Gasteiger partial charge in [0, 0.05) is 31.8 Å². The molecule has 1 aliphatic rings. The van der Waals surface area contributed by atoms with Crippen LogP contribution in [0.1, 0.15) is 18.0 Å². The largest absolute Gasteiger partial charge is 0.496 e. The SMILES string of the molecule is COc1ccccc1C(CN)N1CCCOCC1. The second-order valence-corrected chi connectivity index (χ2v) is 4.50. The molecule has 4 nitrogen and oxygen atoms in total. The van der Waals surface area contributed by atoms with Gasteiger partial charge in [0.05, 0.1) is 19.8 Å². The van der Waals surface area contributed by atoms with Crippen molar-refractivity contribution in [2.45, 2.75) is 12.5 Å². The quantitative estimate of drug-likeness (QED) is 0.878. The first-order chi connectivity index (χ1) is 8.86. The molecule has 0 saturated carbocycles. The zero-order valence-electron chi connectivity index (χ0n) is 11.0. The van der Waals surface area contributed by atoms with E-state index in [9.17, 15) is 0 Å². The summed E-state index contributed by atoms with van der Waals surface area (Å²) in [5, 5.41) is 0. The van der Waals surface area contributed by atoms with Gasteiger partial charge in [-0.15, -0.1) is 0 Å². The van der Waals surface area contributed by atoms with Gasteiger partial charge in [-0.25, -0.2) is 0 Å². The van der Waals surface area contributed by atoms with Gasteiger partial charge in [0.15, 0.2) is 0 Å². The standard InChI is InChI=1S/C14H22N2O2/c1-17-14-6-3-2-5-12(14)13(11-15)16-7-4-9-18-10-8-16/h2-3,5-6,13H,4,7-11,15H2,1H3. The number of rotatable bonds is 4. The van der Waals surface area contributed by atoms with Crippen molar-refractivity contribution in [2.24, 2.45) is 5.73 Å². The van der Waals surface area contributed by atoms with E-state index in [0.717, 1.165) is 38.5 Å². The minimum absolute atomic E-state index is 0.211. The summed E-state index contributed by atoms with van der Waals surface area (Å²) in [4.78, 5) is 2.39. The predicted octanol–water partition coefficient (Wildman–Crippen LogP) is 1.42.